The van der Waals surface area contributed by atoms with E-state index in [4.69, 9.17) is 0 Å². The lowest BCUT2D eigenvalue weighted by Crippen LogP contribution is -2.33. The Labute approximate surface area is 101 Å². The molecule has 6 heteroatoms. The first-order valence-corrected chi connectivity index (χ1v) is 9.18. The van der Waals surface area contributed by atoms with Gasteiger partial charge in [0.05, 0.1) is 8.07 Å². The number of hydrogen-bond acceptors (Lipinski definition) is 3. The van der Waals surface area contributed by atoms with Crippen molar-refractivity contribution in [3.05, 3.63) is 32.6 Å². The molecule has 0 aliphatic carbocycles. The summed E-state index contributed by atoms with van der Waals surface area (Å²) in [6, 6.07) is 0.966. The van der Waals surface area contributed by atoms with E-state index in [0.717, 1.165) is 12.5 Å². The number of aliphatic hydroxyl groups is 1. The summed E-state index contributed by atoms with van der Waals surface area (Å²) in [4.78, 5) is 24.9. The quantitative estimate of drug-likeness (QED) is 0.752. The Kier molecular flexibility index (Phi) is 4.47. The second-order valence-corrected chi connectivity index (χ2v) is 10.3. The molecule has 96 valence electrons. The second-order valence-electron chi connectivity index (χ2n) is 5.19. The zero-order valence-electron chi connectivity index (χ0n) is 10.6. The molecule has 5 nitrogen and oxygen atoms in total. The van der Waals surface area contributed by atoms with Crippen molar-refractivity contribution in [2.24, 2.45) is 0 Å². The van der Waals surface area contributed by atoms with Crippen LogP contribution in [0.3, 0.4) is 0 Å². The lowest BCUT2D eigenvalue weighted by Gasteiger charge is -2.18. The van der Waals surface area contributed by atoms with Gasteiger partial charge in [-0.1, -0.05) is 19.1 Å². The lowest BCUT2D eigenvalue weighted by atomic mass is 10.4. The number of aliphatic hydroxyl groups excluding tert-OH is 1. The topological polar surface area (TPSA) is 75.1 Å². The summed E-state index contributed by atoms with van der Waals surface area (Å²) < 4.78 is 1.53. The Hall–Kier alpha value is -1.14. The molecule has 0 aliphatic heterocycles. The van der Waals surface area contributed by atoms with Crippen molar-refractivity contribution < 1.29 is 5.11 Å². The molecule has 0 saturated heterocycles. The maximum atomic E-state index is 11.5. The Balaban J connectivity index is 2.68. The van der Waals surface area contributed by atoms with Crippen LogP contribution in [0.5, 0.6) is 0 Å². The standard InChI is InChI=1S/C11H20N2O3Si/c1-9-7-13(11(16)12-10(9)15)5-4-6-17(2,3)8-14/h7,14H,4-6,8H2,1-3H3,(H,12,15,16). The van der Waals surface area contributed by atoms with E-state index in [9.17, 15) is 14.7 Å². The molecule has 0 bridgehead atoms. The average molecular weight is 256 g/mol. The van der Waals surface area contributed by atoms with Gasteiger partial charge in [0, 0.05) is 24.5 Å². The predicted octanol–water partition coefficient (Wildman–Crippen LogP) is 0.475. The molecule has 0 atom stereocenters. The Morgan fingerprint density at radius 2 is 2.06 bits per heavy atom. The largest absolute Gasteiger partial charge is 0.400 e. The summed E-state index contributed by atoms with van der Waals surface area (Å²) >= 11 is 0. The predicted molar refractivity (Wildman–Crippen MR) is 70.1 cm³/mol. The van der Waals surface area contributed by atoms with Crippen LogP contribution in [0, 0.1) is 6.92 Å². The van der Waals surface area contributed by atoms with Gasteiger partial charge in [-0.15, -0.1) is 0 Å². The van der Waals surface area contributed by atoms with Crippen LogP contribution in [-0.2, 0) is 6.54 Å². The normalized spacial score (nSPS) is 11.8. The van der Waals surface area contributed by atoms with Crippen LogP contribution in [-0.4, -0.2) is 29.0 Å². The minimum atomic E-state index is -1.50. The highest BCUT2D eigenvalue weighted by atomic mass is 28.3. The summed E-state index contributed by atoms with van der Waals surface area (Å²) in [7, 11) is -1.50. The second kappa shape index (κ2) is 5.46. The smallest absolute Gasteiger partial charge is 0.328 e. The Bertz CT molecular complexity index is 490. The van der Waals surface area contributed by atoms with E-state index in [0.29, 0.717) is 12.1 Å². The first-order valence-electron chi connectivity index (χ1n) is 5.77. The van der Waals surface area contributed by atoms with Gasteiger partial charge in [0.25, 0.3) is 5.56 Å². The minimum absolute atomic E-state index is 0.270. The van der Waals surface area contributed by atoms with Gasteiger partial charge >= 0.3 is 5.69 Å². The van der Waals surface area contributed by atoms with Crippen LogP contribution < -0.4 is 11.2 Å². The summed E-state index contributed by atoms with van der Waals surface area (Å²) in [6.07, 6.45) is 2.71. The first-order chi connectivity index (χ1) is 7.85. The molecule has 0 unspecified atom stereocenters. The monoisotopic (exact) mass is 256 g/mol. The van der Waals surface area contributed by atoms with Gasteiger partial charge in [-0.2, -0.15) is 0 Å². The number of hydrogen-bond donors (Lipinski definition) is 2. The van der Waals surface area contributed by atoms with Crippen LogP contribution >= 0.6 is 0 Å². The van der Waals surface area contributed by atoms with E-state index < -0.39 is 8.07 Å². The molecule has 0 amide bonds. The van der Waals surface area contributed by atoms with E-state index in [1.807, 2.05) is 0 Å². The fraction of sp³-hybridized carbons (Fsp3) is 0.636. The Morgan fingerprint density at radius 1 is 1.41 bits per heavy atom. The highest BCUT2D eigenvalue weighted by Gasteiger charge is 2.18. The average Bonchev–Trinajstić information content (AvgIpc) is 2.25. The van der Waals surface area contributed by atoms with Crippen molar-refractivity contribution in [1.29, 1.82) is 0 Å². The molecule has 1 aromatic rings. The van der Waals surface area contributed by atoms with Gasteiger partial charge < -0.3 is 9.67 Å². The molecular formula is C11H20N2O3Si. The number of nitrogens with one attached hydrogen (secondary N) is 1. The molecular weight excluding hydrogens is 236 g/mol. The van der Waals surface area contributed by atoms with Crippen molar-refractivity contribution >= 4 is 8.07 Å². The number of aryl methyl sites for hydroxylation is 2. The van der Waals surface area contributed by atoms with Crippen molar-refractivity contribution in [3.8, 4) is 0 Å². The third-order valence-corrected chi connectivity index (χ3v) is 5.43. The number of aromatic amines is 1. The third kappa shape index (κ3) is 3.97. The molecule has 1 aromatic heterocycles. The summed E-state index contributed by atoms with van der Waals surface area (Å²) in [5.41, 5.74) is -0.136. The summed E-state index contributed by atoms with van der Waals surface area (Å²) in [5, 5.41) is 9.17. The van der Waals surface area contributed by atoms with Crippen molar-refractivity contribution in [2.45, 2.75) is 39.0 Å². The zero-order chi connectivity index (χ0) is 13.1. The summed E-state index contributed by atoms with van der Waals surface area (Å²) in [5.74, 6) is 0. The first kappa shape index (κ1) is 13.9. The maximum absolute atomic E-state index is 11.5. The van der Waals surface area contributed by atoms with E-state index in [-0.39, 0.29) is 17.5 Å². The molecule has 0 radical (unpaired) electrons. The van der Waals surface area contributed by atoms with Crippen LogP contribution in [0.2, 0.25) is 19.1 Å². The van der Waals surface area contributed by atoms with Crippen LogP contribution in [0.25, 0.3) is 0 Å². The lowest BCUT2D eigenvalue weighted by molar-refractivity contribution is 0.357. The van der Waals surface area contributed by atoms with E-state index in [1.165, 1.54) is 4.57 Å². The zero-order valence-corrected chi connectivity index (χ0v) is 11.6. The highest BCUT2D eigenvalue weighted by molar-refractivity contribution is 6.77. The molecule has 17 heavy (non-hydrogen) atoms. The van der Waals surface area contributed by atoms with Gasteiger partial charge in [-0.3, -0.25) is 9.78 Å². The SMILES string of the molecule is Cc1cn(CCC[Si](C)(C)CO)c(=O)[nH]c1=O. The molecule has 0 fully saturated rings. The highest BCUT2D eigenvalue weighted by Crippen LogP contribution is 2.11. The van der Waals surface area contributed by atoms with E-state index in [1.54, 1.807) is 13.1 Å². The fourth-order valence-electron chi connectivity index (χ4n) is 1.59. The van der Waals surface area contributed by atoms with E-state index in [2.05, 4.69) is 18.1 Å². The molecule has 1 heterocycles. The van der Waals surface area contributed by atoms with Gasteiger partial charge in [0.15, 0.2) is 0 Å². The molecule has 1 rings (SSSR count). The molecule has 0 aliphatic rings. The Morgan fingerprint density at radius 3 is 2.65 bits per heavy atom. The van der Waals surface area contributed by atoms with Crippen molar-refractivity contribution in [1.82, 2.24) is 9.55 Å². The molecule has 2 N–H and O–H groups in total. The van der Waals surface area contributed by atoms with Gasteiger partial charge in [0.1, 0.15) is 0 Å². The van der Waals surface area contributed by atoms with Gasteiger partial charge in [-0.05, 0) is 13.3 Å². The van der Waals surface area contributed by atoms with E-state index >= 15 is 0 Å². The van der Waals surface area contributed by atoms with Crippen LogP contribution in [0.1, 0.15) is 12.0 Å². The van der Waals surface area contributed by atoms with Crippen molar-refractivity contribution in [3.63, 3.8) is 0 Å². The number of rotatable bonds is 5. The van der Waals surface area contributed by atoms with Crippen LogP contribution in [0.4, 0.5) is 0 Å². The number of nitrogens with zero attached hydrogens (tertiary/aromatic N) is 1. The molecule has 0 aromatic carbocycles. The maximum Gasteiger partial charge on any atom is 0.328 e. The number of aromatic nitrogens is 2. The third-order valence-electron chi connectivity index (χ3n) is 2.87. The van der Waals surface area contributed by atoms with Gasteiger partial charge in [0.2, 0.25) is 0 Å². The number of H-pyrrole nitrogens is 1. The van der Waals surface area contributed by atoms with Crippen molar-refractivity contribution in [2.75, 3.05) is 6.23 Å². The van der Waals surface area contributed by atoms with Crippen LogP contribution in [0.15, 0.2) is 15.8 Å². The summed E-state index contributed by atoms with van der Waals surface area (Å²) in [6.45, 7) is 6.51. The fourth-order valence-corrected chi connectivity index (χ4v) is 2.86. The minimum Gasteiger partial charge on any atom is -0.400 e. The molecule has 0 saturated carbocycles. The van der Waals surface area contributed by atoms with Gasteiger partial charge in [-0.25, -0.2) is 4.79 Å². The molecule has 0 spiro atoms.